The first-order chi connectivity index (χ1) is 7.54. The maximum Gasteiger partial charge on any atom is 0.337 e. The van der Waals surface area contributed by atoms with Crippen molar-refractivity contribution in [2.24, 2.45) is 0 Å². The van der Waals surface area contributed by atoms with Gasteiger partial charge in [0, 0.05) is 0 Å². The molecule has 1 rings (SSSR count). The van der Waals surface area contributed by atoms with Crippen LogP contribution in [0, 0.1) is 0 Å². The van der Waals surface area contributed by atoms with E-state index < -0.39 is 19.0 Å². The quantitative estimate of drug-likeness (QED) is 0.771. The molecule has 1 aromatic rings. The fourth-order valence-electron chi connectivity index (χ4n) is 1.02. The number of halogens is 3. The van der Waals surface area contributed by atoms with Gasteiger partial charge < -0.3 is 9.47 Å². The highest BCUT2D eigenvalue weighted by Crippen LogP contribution is 2.26. The molecule has 0 saturated heterocycles. The van der Waals surface area contributed by atoms with Crippen LogP contribution >= 0.6 is 11.6 Å². The van der Waals surface area contributed by atoms with Crippen LogP contribution in [0.15, 0.2) is 18.2 Å². The van der Waals surface area contributed by atoms with Crippen molar-refractivity contribution in [3.63, 3.8) is 0 Å². The Morgan fingerprint density at radius 1 is 1.50 bits per heavy atom. The molecule has 0 atom stereocenters. The number of esters is 1. The molecule has 0 aliphatic heterocycles. The number of hydrogen-bond acceptors (Lipinski definition) is 3. The van der Waals surface area contributed by atoms with Gasteiger partial charge in [-0.25, -0.2) is 13.6 Å². The molecule has 0 amide bonds. The Labute approximate surface area is 95.9 Å². The second-order valence-corrected chi connectivity index (χ2v) is 3.25. The zero-order chi connectivity index (χ0) is 12.1. The van der Waals surface area contributed by atoms with Crippen molar-refractivity contribution in [3.05, 3.63) is 28.8 Å². The molecule has 0 heterocycles. The molecule has 0 bridgehead atoms. The average Bonchev–Trinajstić information content (AvgIpc) is 2.26. The van der Waals surface area contributed by atoms with E-state index in [1.807, 2.05) is 0 Å². The lowest BCUT2D eigenvalue weighted by Crippen LogP contribution is -2.08. The van der Waals surface area contributed by atoms with E-state index in [2.05, 4.69) is 4.74 Å². The highest BCUT2D eigenvalue weighted by molar-refractivity contribution is 6.32. The predicted molar refractivity (Wildman–Crippen MR) is 54.3 cm³/mol. The van der Waals surface area contributed by atoms with Gasteiger partial charge in [0.2, 0.25) is 0 Å². The van der Waals surface area contributed by atoms with Gasteiger partial charge in [0.25, 0.3) is 6.43 Å². The summed E-state index contributed by atoms with van der Waals surface area (Å²) < 4.78 is 32.9. The lowest BCUT2D eigenvalue weighted by Gasteiger charge is -2.08. The standard InChI is InChI=1S/C10H9ClF2O3/c1-15-10(14)6-2-3-8(7(11)4-6)16-5-9(12)13/h2-4,9H,5H2,1H3. The number of benzene rings is 1. The van der Waals surface area contributed by atoms with Crippen molar-refractivity contribution in [1.29, 1.82) is 0 Å². The minimum Gasteiger partial charge on any atom is -0.486 e. The summed E-state index contributed by atoms with van der Waals surface area (Å²) in [5.74, 6) is -0.447. The van der Waals surface area contributed by atoms with Gasteiger partial charge in [0.05, 0.1) is 17.7 Å². The Morgan fingerprint density at radius 2 is 2.19 bits per heavy atom. The van der Waals surface area contributed by atoms with E-state index in [1.54, 1.807) is 0 Å². The SMILES string of the molecule is COC(=O)c1ccc(OCC(F)F)c(Cl)c1. The summed E-state index contributed by atoms with van der Waals surface area (Å²) in [5, 5.41) is 0.0866. The van der Waals surface area contributed by atoms with Gasteiger partial charge in [-0.15, -0.1) is 0 Å². The Hall–Kier alpha value is -1.36. The van der Waals surface area contributed by atoms with E-state index in [0.29, 0.717) is 0 Å². The zero-order valence-electron chi connectivity index (χ0n) is 8.38. The van der Waals surface area contributed by atoms with Crippen molar-refractivity contribution in [2.45, 2.75) is 6.43 Å². The minimum absolute atomic E-state index is 0.0866. The van der Waals surface area contributed by atoms with Gasteiger partial charge in [0.1, 0.15) is 12.4 Å². The van der Waals surface area contributed by atoms with Crippen molar-refractivity contribution >= 4 is 17.6 Å². The molecule has 0 fully saturated rings. The summed E-state index contributed by atoms with van der Waals surface area (Å²) in [6, 6.07) is 4.03. The molecule has 0 unspecified atom stereocenters. The van der Waals surface area contributed by atoms with Gasteiger partial charge >= 0.3 is 5.97 Å². The third kappa shape index (κ3) is 3.34. The Kier molecular flexibility index (Phi) is 4.49. The van der Waals surface area contributed by atoms with Crippen LogP contribution in [0.5, 0.6) is 5.75 Å². The van der Waals surface area contributed by atoms with Crippen LogP contribution in [0.3, 0.4) is 0 Å². The van der Waals surface area contributed by atoms with E-state index in [9.17, 15) is 13.6 Å². The maximum atomic E-state index is 11.9. The molecule has 0 saturated carbocycles. The number of methoxy groups -OCH3 is 1. The van der Waals surface area contributed by atoms with Gasteiger partial charge in [0.15, 0.2) is 0 Å². The van der Waals surface area contributed by atoms with Crippen LogP contribution in [0.4, 0.5) is 8.78 Å². The third-order valence-electron chi connectivity index (χ3n) is 1.72. The summed E-state index contributed by atoms with van der Waals surface area (Å²) in [6.07, 6.45) is -2.57. The van der Waals surface area contributed by atoms with Crippen molar-refractivity contribution in [3.8, 4) is 5.75 Å². The predicted octanol–water partition coefficient (Wildman–Crippen LogP) is 2.77. The Morgan fingerprint density at radius 3 is 2.69 bits per heavy atom. The first kappa shape index (κ1) is 12.7. The van der Waals surface area contributed by atoms with Crippen molar-refractivity contribution < 1.29 is 23.0 Å². The second-order valence-electron chi connectivity index (χ2n) is 2.84. The topological polar surface area (TPSA) is 35.5 Å². The molecule has 88 valence electrons. The Bertz CT molecular complexity index is 382. The summed E-state index contributed by atoms with van der Waals surface area (Å²) in [4.78, 5) is 11.1. The molecule has 1 aromatic carbocycles. The lowest BCUT2D eigenvalue weighted by atomic mass is 10.2. The average molecular weight is 251 g/mol. The van der Waals surface area contributed by atoms with Gasteiger partial charge in [-0.3, -0.25) is 0 Å². The molecule has 0 aromatic heterocycles. The molecule has 0 radical (unpaired) electrons. The second kappa shape index (κ2) is 5.65. The first-order valence-electron chi connectivity index (χ1n) is 4.33. The van der Waals surface area contributed by atoms with Gasteiger partial charge in [-0.2, -0.15) is 0 Å². The summed E-state index contributed by atoms with van der Waals surface area (Å²) in [5.41, 5.74) is 0.233. The smallest absolute Gasteiger partial charge is 0.337 e. The molecule has 0 aliphatic carbocycles. The molecular weight excluding hydrogens is 242 g/mol. The fraction of sp³-hybridized carbons (Fsp3) is 0.300. The molecular formula is C10H9ClF2O3. The zero-order valence-corrected chi connectivity index (χ0v) is 9.13. The van der Waals surface area contributed by atoms with Crippen LogP contribution in [0.1, 0.15) is 10.4 Å². The van der Waals surface area contributed by atoms with Crippen LogP contribution < -0.4 is 4.74 Å². The van der Waals surface area contributed by atoms with Crippen LogP contribution in [-0.4, -0.2) is 26.1 Å². The number of carbonyl (C=O) groups is 1. The van der Waals surface area contributed by atoms with Crippen LogP contribution in [0.2, 0.25) is 5.02 Å². The summed E-state index contributed by atoms with van der Waals surface area (Å²) in [6.45, 7) is -0.739. The first-order valence-corrected chi connectivity index (χ1v) is 4.71. The van der Waals surface area contributed by atoms with Crippen molar-refractivity contribution in [1.82, 2.24) is 0 Å². The van der Waals surface area contributed by atoms with E-state index in [1.165, 1.54) is 25.3 Å². The van der Waals surface area contributed by atoms with Crippen molar-refractivity contribution in [2.75, 3.05) is 13.7 Å². The number of rotatable bonds is 4. The largest absolute Gasteiger partial charge is 0.486 e. The third-order valence-corrected chi connectivity index (χ3v) is 2.01. The van der Waals surface area contributed by atoms with Gasteiger partial charge in [-0.1, -0.05) is 11.6 Å². The molecule has 6 heteroatoms. The molecule has 0 N–H and O–H groups in total. The number of carbonyl (C=O) groups excluding carboxylic acids is 1. The lowest BCUT2D eigenvalue weighted by molar-refractivity contribution is 0.0600. The number of ether oxygens (including phenoxy) is 2. The van der Waals surface area contributed by atoms with E-state index in [-0.39, 0.29) is 16.3 Å². The van der Waals surface area contributed by atoms with E-state index >= 15 is 0 Å². The van der Waals surface area contributed by atoms with E-state index in [4.69, 9.17) is 16.3 Å². The molecule has 0 spiro atoms. The normalized spacial score (nSPS) is 10.3. The number of hydrogen-bond donors (Lipinski definition) is 0. The summed E-state index contributed by atoms with van der Waals surface area (Å²) in [7, 11) is 1.23. The highest BCUT2D eigenvalue weighted by Gasteiger charge is 2.11. The van der Waals surface area contributed by atoms with Gasteiger partial charge in [-0.05, 0) is 18.2 Å². The fourth-order valence-corrected chi connectivity index (χ4v) is 1.25. The minimum atomic E-state index is -2.57. The highest BCUT2D eigenvalue weighted by atomic mass is 35.5. The van der Waals surface area contributed by atoms with E-state index in [0.717, 1.165) is 0 Å². The Balaban J connectivity index is 2.79. The molecule has 0 aliphatic rings. The number of alkyl halides is 2. The summed E-state index contributed by atoms with van der Waals surface area (Å²) >= 11 is 5.74. The monoisotopic (exact) mass is 250 g/mol. The van der Waals surface area contributed by atoms with Crippen LogP contribution in [0.25, 0.3) is 0 Å². The molecule has 16 heavy (non-hydrogen) atoms. The maximum absolute atomic E-state index is 11.9. The molecule has 3 nitrogen and oxygen atoms in total. The van der Waals surface area contributed by atoms with Crippen LogP contribution in [-0.2, 0) is 4.74 Å².